The Kier molecular flexibility index (Phi) is 3.18. The number of nitrogens with zero attached hydrogens (tertiary/aromatic N) is 1. The zero-order valence-electron chi connectivity index (χ0n) is 9.70. The molecule has 1 unspecified atom stereocenters. The molecule has 0 aromatic heterocycles. The van der Waals surface area contributed by atoms with Crippen LogP contribution in [0.5, 0.6) is 0 Å². The Bertz CT molecular complexity index is 446. The Morgan fingerprint density at radius 1 is 1.25 bits per heavy atom. The summed E-state index contributed by atoms with van der Waals surface area (Å²) in [5.41, 5.74) is 3.10. The molecule has 2 heteroatoms. The van der Waals surface area contributed by atoms with Gasteiger partial charge in [-0.25, -0.2) is 4.39 Å². The minimum Gasteiger partial charge on any atom is -0.286 e. The van der Waals surface area contributed by atoms with Gasteiger partial charge in [0.1, 0.15) is 5.82 Å². The molecule has 1 atom stereocenters. The maximum absolute atomic E-state index is 13.6. The molecule has 1 nitrogen and oxygen atoms in total. The van der Waals surface area contributed by atoms with Crippen LogP contribution in [0.15, 0.2) is 40.9 Å². The van der Waals surface area contributed by atoms with E-state index in [4.69, 9.17) is 0 Å². The van der Waals surface area contributed by atoms with E-state index < -0.39 is 0 Å². The zero-order chi connectivity index (χ0) is 11.5. The number of benzene rings is 1. The first-order chi connectivity index (χ1) is 7.66. The van der Waals surface area contributed by atoms with Gasteiger partial charge in [0.15, 0.2) is 0 Å². The molecule has 0 amide bonds. The number of hydrogen-bond donors (Lipinski definition) is 0. The third kappa shape index (κ3) is 2.38. The lowest BCUT2D eigenvalue weighted by Gasteiger charge is -2.11. The molecule has 0 saturated heterocycles. The Hall–Kier alpha value is -1.44. The standard InChI is InChI=1S/C14H16FN/c1-10-7-8-14(16-11(2)9-10)12-5-3-4-6-13(12)15/h3-7,14H,8-9H2,1-2H3. The first kappa shape index (κ1) is 11.1. The van der Waals surface area contributed by atoms with Gasteiger partial charge in [-0.1, -0.05) is 29.8 Å². The van der Waals surface area contributed by atoms with Crippen LogP contribution >= 0.6 is 0 Å². The molecule has 84 valence electrons. The molecule has 1 aromatic carbocycles. The van der Waals surface area contributed by atoms with E-state index in [0.717, 1.165) is 18.6 Å². The van der Waals surface area contributed by atoms with Crippen molar-refractivity contribution in [2.24, 2.45) is 4.99 Å². The van der Waals surface area contributed by atoms with Gasteiger partial charge < -0.3 is 0 Å². The molecule has 2 rings (SSSR count). The lowest BCUT2D eigenvalue weighted by atomic mass is 10.0. The Morgan fingerprint density at radius 3 is 2.75 bits per heavy atom. The van der Waals surface area contributed by atoms with Gasteiger partial charge >= 0.3 is 0 Å². The van der Waals surface area contributed by atoms with Crippen LogP contribution in [0.2, 0.25) is 0 Å². The normalized spacial score (nSPS) is 21.1. The number of hydrogen-bond acceptors (Lipinski definition) is 1. The minimum atomic E-state index is -0.156. The smallest absolute Gasteiger partial charge is 0.128 e. The molecule has 1 aliphatic heterocycles. The van der Waals surface area contributed by atoms with Crippen molar-refractivity contribution in [3.8, 4) is 0 Å². The number of allylic oxidation sites excluding steroid dienone is 1. The van der Waals surface area contributed by atoms with Gasteiger partial charge in [-0.15, -0.1) is 0 Å². The van der Waals surface area contributed by atoms with Gasteiger partial charge in [-0.3, -0.25) is 4.99 Å². The van der Waals surface area contributed by atoms with Crippen LogP contribution in [0, 0.1) is 5.82 Å². The van der Waals surface area contributed by atoms with Crippen molar-refractivity contribution in [2.75, 3.05) is 0 Å². The summed E-state index contributed by atoms with van der Waals surface area (Å²) < 4.78 is 13.6. The summed E-state index contributed by atoms with van der Waals surface area (Å²) in [5.74, 6) is -0.156. The van der Waals surface area contributed by atoms with Crippen molar-refractivity contribution in [1.82, 2.24) is 0 Å². The summed E-state index contributed by atoms with van der Waals surface area (Å²) in [6.45, 7) is 4.11. The Balaban J connectivity index is 2.35. The predicted octanol–water partition coefficient (Wildman–Crippen LogP) is 4.07. The fourth-order valence-electron chi connectivity index (χ4n) is 2.09. The molecule has 0 fully saturated rings. The van der Waals surface area contributed by atoms with Gasteiger partial charge in [-0.2, -0.15) is 0 Å². The highest BCUT2D eigenvalue weighted by Gasteiger charge is 2.15. The largest absolute Gasteiger partial charge is 0.286 e. The summed E-state index contributed by atoms with van der Waals surface area (Å²) in [6.07, 6.45) is 3.87. The van der Waals surface area contributed by atoms with E-state index in [1.54, 1.807) is 6.07 Å². The van der Waals surface area contributed by atoms with E-state index in [2.05, 4.69) is 18.0 Å². The van der Waals surface area contributed by atoms with Gasteiger partial charge in [0, 0.05) is 17.7 Å². The maximum atomic E-state index is 13.6. The number of halogens is 1. The van der Waals surface area contributed by atoms with Gasteiger partial charge in [0.05, 0.1) is 6.04 Å². The third-order valence-electron chi connectivity index (χ3n) is 2.86. The molecule has 0 aliphatic carbocycles. The van der Waals surface area contributed by atoms with Crippen molar-refractivity contribution < 1.29 is 4.39 Å². The van der Waals surface area contributed by atoms with Crippen molar-refractivity contribution in [3.05, 3.63) is 47.3 Å². The molecule has 1 heterocycles. The van der Waals surface area contributed by atoms with E-state index in [9.17, 15) is 4.39 Å². The average molecular weight is 217 g/mol. The second kappa shape index (κ2) is 4.60. The van der Waals surface area contributed by atoms with E-state index >= 15 is 0 Å². The molecular formula is C14H16FN. The monoisotopic (exact) mass is 217 g/mol. The molecule has 16 heavy (non-hydrogen) atoms. The predicted molar refractivity (Wildman–Crippen MR) is 65.2 cm³/mol. The highest BCUT2D eigenvalue weighted by Crippen LogP contribution is 2.28. The van der Waals surface area contributed by atoms with Crippen LogP contribution in [-0.2, 0) is 0 Å². The Morgan fingerprint density at radius 2 is 2.00 bits per heavy atom. The second-order valence-corrected chi connectivity index (χ2v) is 4.36. The SMILES string of the molecule is CC1=CCC(c2ccccc2F)N=C(C)C1. The van der Waals surface area contributed by atoms with E-state index in [1.165, 1.54) is 11.6 Å². The topological polar surface area (TPSA) is 12.4 Å². The molecule has 0 radical (unpaired) electrons. The van der Waals surface area contributed by atoms with Gasteiger partial charge in [0.25, 0.3) is 0 Å². The van der Waals surface area contributed by atoms with Crippen molar-refractivity contribution in [3.63, 3.8) is 0 Å². The fraction of sp³-hybridized carbons (Fsp3) is 0.357. The zero-order valence-corrected chi connectivity index (χ0v) is 9.70. The first-order valence-electron chi connectivity index (χ1n) is 5.60. The summed E-state index contributed by atoms with van der Waals surface area (Å²) >= 11 is 0. The molecule has 0 spiro atoms. The summed E-state index contributed by atoms with van der Waals surface area (Å²) in [7, 11) is 0. The van der Waals surface area contributed by atoms with Crippen LogP contribution < -0.4 is 0 Å². The van der Waals surface area contributed by atoms with Crippen molar-refractivity contribution in [1.29, 1.82) is 0 Å². The molecule has 0 bridgehead atoms. The second-order valence-electron chi connectivity index (χ2n) is 4.36. The van der Waals surface area contributed by atoms with Crippen LogP contribution in [-0.4, -0.2) is 5.71 Å². The quantitative estimate of drug-likeness (QED) is 0.629. The van der Waals surface area contributed by atoms with Crippen LogP contribution in [0.3, 0.4) is 0 Å². The highest BCUT2D eigenvalue weighted by molar-refractivity contribution is 5.84. The lowest BCUT2D eigenvalue weighted by molar-refractivity contribution is 0.584. The van der Waals surface area contributed by atoms with Crippen LogP contribution in [0.25, 0.3) is 0 Å². The maximum Gasteiger partial charge on any atom is 0.128 e. The summed E-state index contributed by atoms with van der Waals surface area (Å²) in [4.78, 5) is 4.58. The average Bonchev–Trinajstić information content (AvgIpc) is 2.40. The molecule has 0 N–H and O–H groups in total. The first-order valence-corrected chi connectivity index (χ1v) is 5.60. The minimum absolute atomic E-state index is 0.0568. The molecular weight excluding hydrogens is 201 g/mol. The molecule has 1 aromatic rings. The summed E-state index contributed by atoms with van der Waals surface area (Å²) in [6, 6.07) is 6.85. The van der Waals surface area contributed by atoms with Crippen LogP contribution in [0.4, 0.5) is 4.39 Å². The van der Waals surface area contributed by atoms with Gasteiger partial charge in [-0.05, 0) is 26.3 Å². The summed E-state index contributed by atoms with van der Waals surface area (Å²) in [5, 5.41) is 0. The van der Waals surface area contributed by atoms with E-state index in [1.807, 2.05) is 19.1 Å². The molecule has 1 aliphatic rings. The Labute approximate surface area is 95.7 Å². The van der Waals surface area contributed by atoms with E-state index in [-0.39, 0.29) is 11.9 Å². The number of rotatable bonds is 1. The lowest BCUT2D eigenvalue weighted by Crippen LogP contribution is -1.99. The highest BCUT2D eigenvalue weighted by atomic mass is 19.1. The van der Waals surface area contributed by atoms with E-state index in [0.29, 0.717) is 5.56 Å². The van der Waals surface area contributed by atoms with Crippen LogP contribution in [0.1, 0.15) is 38.3 Å². The van der Waals surface area contributed by atoms with Crippen molar-refractivity contribution >= 4 is 5.71 Å². The van der Waals surface area contributed by atoms with Gasteiger partial charge in [0.2, 0.25) is 0 Å². The molecule has 0 saturated carbocycles. The fourth-order valence-corrected chi connectivity index (χ4v) is 2.09. The number of aliphatic imine (C=N–C) groups is 1. The third-order valence-corrected chi connectivity index (χ3v) is 2.86. The van der Waals surface area contributed by atoms with Crippen molar-refractivity contribution in [2.45, 2.75) is 32.7 Å².